The second-order valence-corrected chi connectivity index (χ2v) is 9.22. The molecule has 1 saturated heterocycles. The molecule has 1 aliphatic rings. The number of fused-ring (bicyclic) bond motifs is 2. The van der Waals surface area contributed by atoms with Crippen molar-refractivity contribution in [1.82, 2.24) is 18.7 Å². The molecule has 0 radical (unpaired) electrons. The lowest BCUT2D eigenvalue weighted by atomic mass is 10.0. The Morgan fingerprint density at radius 3 is 2.62 bits per heavy atom. The van der Waals surface area contributed by atoms with Crippen LogP contribution in [0.3, 0.4) is 0 Å². The number of piperidine rings is 1. The topological polar surface area (TPSA) is 134 Å². The van der Waals surface area contributed by atoms with Crippen LogP contribution >= 0.6 is 0 Å². The van der Waals surface area contributed by atoms with E-state index < -0.39 is 16.2 Å². The van der Waals surface area contributed by atoms with E-state index in [2.05, 4.69) is 11.8 Å². The molecule has 1 aliphatic heterocycles. The molecule has 11 heteroatoms. The predicted octanol–water partition coefficient (Wildman–Crippen LogP) is 1.96. The summed E-state index contributed by atoms with van der Waals surface area (Å²) in [6, 6.07) is 9.90. The maximum Gasteiger partial charge on any atom is 0.332 e. The number of benzene rings is 2. The highest BCUT2D eigenvalue weighted by Crippen LogP contribution is 2.29. The van der Waals surface area contributed by atoms with Gasteiger partial charge < -0.3 is 10.6 Å². The van der Waals surface area contributed by atoms with E-state index in [1.54, 1.807) is 48.9 Å². The number of hydrogen-bond donors (Lipinski definition) is 1. The minimum absolute atomic E-state index is 0.00447. The van der Waals surface area contributed by atoms with Crippen molar-refractivity contribution in [2.45, 2.75) is 38.9 Å². The Balaban J connectivity index is 1.71. The lowest BCUT2D eigenvalue weighted by Crippen LogP contribution is -2.44. The van der Waals surface area contributed by atoms with E-state index in [4.69, 9.17) is 10.7 Å². The van der Waals surface area contributed by atoms with Gasteiger partial charge in [-0.3, -0.25) is 28.6 Å². The van der Waals surface area contributed by atoms with Gasteiger partial charge in [-0.2, -0.15) is 4.98 Å². The number of rotatable bonds is 5. The molecule has 37 heavy (non-hydrogen) atoms. The molecule has 0 amide bonds. The number of non-ortho nitro benzene ring substituents is 1. The minimum atomic E-state index is -0.520. The second kappa shape index (κ2) is 9.55. The van der Waals surface area contributed by atoms with Crippen LogP contribution in [0.15, 0.2) is 46.0 Å². The zero-order valence-electron chi connectivity index (χ0n) is 20.7. The van der Waals surface area contributed by atoms with Gasteiger partial charge in [0.25, 0.3) is 11.2 Å². The minimum Gasteiger partial charge on any atom is -0.341 e. The highest BCUT2D eigenvalue weighted by molar-refractivity contribution is 5.93. The summed E-state index contributed by atoms with van der Waals surface area (Å²) in [5.74, 6) is 6.46. The first-order valence-corrected chi connectivity index (χ1v) is 12.1. The molecule has 1 fully saturated rings. The summed E-state index contributed by atoms with van der Waals surface area (Å²) in [5.41, 5.74) is 6.36. The zero-order chi connectivity index (χ0) is 26.3. The monoisotopic (exact) mass is 501 g/mol. The molecule has 0 aliphatic carbocycles. The average Bonchev–Trinajstić information content (AvgIpc) is 3.28. The van der Waals surface area contributed by atoms with Crippen molar-refractivity contribution in [3.8, 4) is 11.8 Å². The second-order valence-electron chi connectivity index (χ2n) is 9.22. The van der Waals surface area contributed by atoms with Crippen LogP contribution in [0.2, 0.25) is 0 Å². The van der Waals surface area contributed by atoms with E-state index >= 15 is 0 Å². The molecule has 4 aromatic rings. The number of nitro benzene ring substituents is 1. The Hall–Kier alpha value is -4.43. The van der Waals surface area contributed by atoms with Crippen LogP contribution in [0.4, 0.5) is 11.6 Å². The summed E-state index contributed by atoms with van der Waals surface area (Å²) < 4.78 is 4.28. The maximum atomic E-state index is 13.9. The first kappa shape index (κ1) is 24.3. The molecule has 190 valence electrons. The molecule has 3 heterocycles. The Kier molecular flexibility index (Phi) is 6.27. The molecule has 0 unspecified atom stereocenters. The van der Waals surface area contributed by atoms with Gasteiger partial charge in [-0.1, -0.05) is 24.1 Å². The summed E-state index contributed by atoms with van der Waals surface area (Å²) in [4.78, 5) is 45.1. The van der Waals surface area contributed by atoms with Crippen molar-refractivity contribution >= 4 is 33.6 Å². The average molecular weight is 502 g/mol. The predicted molar refractivity (Wildman–Crippen MR) is 142 cm³/mol. The third kappa shape index (κ3) is 4.15. The molecule has 2 aromatic heterocycles. The van der Waals surface area contributed by atoms with Crippen LogP contribution in [-0.2, 0) is 20.1 Å². The Morgan fingerprint density at radius 2 is 1.92 bits per heavy atom. The summed E-state index contributed by atoms with van der Waals surface area (Å²) in [6.45, 7) is 3.26. The maximum absolute atomic E-state index is 13.9. The van der Waals surface area contributed by atoms with Crippen LogP contribution in [0.5, 0.6) is 0 Å². The van der Waals surface area contributed by atoms with Crippen molar-refractivity contribution in [3.05, 3.63) is 72.9 Å². The van der Waals surface area contributed by atoms with Gasteiger partial charge in [0, 0.05) is 32.2 Å². The fourth-order valence-corrected chi connectivity index (χ4v) is 5.05. The molecular formula is C26H27N7O4. The van der Waals surface area contributed by atoms with Crippen LogP contribution in [0.1, 0.15) is 25.3 Å². The molecule has 5 rings (SSSR count). The molecule has 2 aromatic carbocycles. The first-order valence-electron chi connectivity index (χ1n) is 12.1. The Labute approximate surface area is 211 Å². The zero-order valence-corrected chi connectivity index (χ0v) is 20.7. The van der Waals surface area contributed by atoms with Gasteiger partial charge in [-0.15, -0.1) is 5.92 Å². The number of nitrogens with zero attached hydrogens (tertiary/aromatic N) is 6. The van der Waals surface area contributed by atoms with Gasteiger partial charge in [-0.05, 0) is 42.8 Å². The van der Waals surface area contributed by atoms with E-state index in [1.807, 2.05) is 4.90 Å². The SMILES string of the molecule is CC#CCn1c(N2CCC[C@@H](N)C2)nc2c1c(=O)n(Cc1ccc([N+](=O)[O-])c3ccccc13)c(=O)n2C. The highest BCUT2D eigenvalue weighted by Gasteiger charge is 2.26. The van der Waals surface area contributed by atoms with Gasteiger partial charge >= 0.3 is 5.69 Å². The molecule has 1 atom stereocenters. The summed E-state index contributed by atoms with van der Waals surface area (Å²) in [5, 5.41) is 12.6. The van der Waals surface area contributed by atoms with Crippen LogP contribution in [0.25, 0.3) is 21.9 Å². The largest absolute Gasteiger partial charge is 0.341 e. The molecule has 2 N–H and O–H groups in total. The molecule has 0 bridgehead atoms. The smallest absolute Gasteiger partial charge is 0.332 e. The molecule has 0 spiro atoms. The quantitative estimate of drug-likeness (QED) is 0.251. The Bertz CT molecular complexity index is 1720. The number of imidazole rings is 1. The van der Waals surface area contributed by atoms with Crippen LogP contribution < -0.4 is 21.9 Å². The van der Waals surface area contributed by atoms with Gasteiger partial charge in [0.2, 0.25) is 5.95 Å². The molecule has 11 nitrogen and oxygen atoms in total. The normalized spacial score (nSPS) is 15.6. The van der Waals surface area contributed by atoms with E-state index in [-0.39, 0.29) is 36.0 Å². The molecular weight excluding hydrogens is 474 g/mol. The third-order valence-corrected chi connectivity index (χ3v) is 6.88. The number of nitrogens with two attached hydrogens (primary N) is 1. The van der Waals surface area contributed by atoms with Crippen molar-refractivity contribution in [2.75, 3.05) is 18.0 Å². The van der Waals surface area contributed by atoms with Gasteiger partial charge in [0.1, 0.15) is 0 Å². The van der Waals surface area contributed by atoms with E-state index in [9.17, 15) is 19.7 Å². The lowest BCUT2D eigenvalue weighted by molar-refractivity contribution is -0.383. The van der Waals surface area contributed by atoms with Crippen molar-refractivity contribution < 1.29 is 4.92 Å². The first-order chi connectivity index (χ1) is 17.8. The van der Waals surface area contributed by atoms with Crippen LogP contribution in [0, 0.1) is 22.0 Å². The van der Waals surface area contributed by atoms with E-state index in [1.165, 1.54) is 10.6 Å². The lowest BCUT2D eigenvalue weighted by Gasteiger charge is -2.31. The number of aromatic nitrogens is 4. The fraction of sp³-hybridized carbons (Fsp3) is 0.346. The summed E-state index contributed by atoms with van der Waals surface area (Å²) in [7, 11) is 1.59. The van der Waals surface area contributed by atoms with Crippen molar-refractivity contribution in [2.24, 2.45) is 12.8 Å². The number of nitro groups is 1. The highest BCUT2D eigenvalue weighted by atomic mass is 16.6. The van der Waals surface area contributed by atoms with Gasteiger partial charge in [0.15, 0.2) is 11.2 Å². The molecule has 0 saturated carbocycles. The van der Waals surface area contributed by atoms with Crippen LogP contribution in [-0.4, -0.2) is 42.7 Å². The van der Waals surface area contributed by atoms with E-state index in [0.29, 0.717) is 28.8 Å². The summed E-state index contributed by atoms with van der Waals surface area (Å²) in [6.07, 6.45) is 1.82. The fourth-order valence-electron chi connectivity index (χ4n) is 5.05. The number of anilines is 1. The number of hydrogen-bond acceptors (Lipinski definition) is 7. The van der Waals surface area contributed by atoms with E-state index in [0.717, 1.165) is 24.0 Å². The van der Waals surface area contributed by atoms with Crippen molar-refractivity contribution in [3.63, 3.8) is 0 Å². The Morgan fingerprint density at radius 1 is 1.16 bits per heavy atom. The summed E-state index contributed by atoms with van der Waals surface area (Å²) >= 11 is 0. The third-order valence-electron chi connectivity index (χ3n) is 6.88. The standard InChI is InChI=1S/C26H27N7O4/c1-3-4-14-31-22-23(28-25(31)30-13-7-8-18(27)16-30)29(2)26(35)32(24(22)34)15-17-11-12-21(33(36)37)20-10-6-5-9-19(17)20/h5-6,9-12,18H,7-8,13-16,27H2,1-2H3/t18-/m1/s1. The van der Waals surface area contributed by atoms with Crippen molar-refractivity contribution in [1.29, 1.82) is 0 Å². The van der Waals surface area contributed by atoms with Gasteiger partial charge in [0.05, 0.1) is 23.4 Å². The van der Waals surface area contributed by atoms with Gasteiger partial charge in [-0.25, -0.2) is 4.79 Å². The number of aryl methyl sites for hydroxylation is 1.